The molecule has 0 bridgehead atoms. The highest BCUT2D eigenvalue weighted by Gasteiger charge is 2.26. The summed E-state index contributed by atoms with van der Waals surface area (Å²) in [5.74, 6) is -6.27. The number of benzene rings is 1. The molecule has 14 heavy (non-hydrogen) atoms. The van der Waals surface area contributed by atoms with Gasteiger partial charge in [-0.1, -0.05) is 0 Å². The van der Waals surface area contributed by atoms with Crippen LogP contribution < -0.4 is 0 Å². The van der Waals surface area contributed by atoms with Crippen LogP contribution in [0.4, 0.5) is 13.2 Å². The third-order valence-electron chi connectivity index (χ3n) is 1.59. The van der Waals surface area contributed by atoms with E-state index >= 15 is 0 Å². The Labute approximate surface area is 76.4 Å². The van der Waals surface area contributed by atoms with Crippen LogP contribution >= 0.6 is 0 Å². The van der Waals surface area contributed by atoms with Crippen molar-refractivity contribution in [2.45, 2.75) is 6.10 Å². The van der Waals surface area contributed by atoms with Gasteiger partial charge < -0.3 is 10.2 Å². The summed E-state index contributed by atoms with van der Waals surface area (Å²) in [6, 6.07) is 1.04. The molecule has 1 rings (SSSR count). The SMILES string of the molecule is O=C(O)C(O)c1c(F)ccc(F)c1F. The normalized spacial score (nSPS) is 12.6. The van der Waals surface area contributed by atoms with Gasteiger partial charge in [-0.25, -0.2) is 18.0 Å². The Hall–Kier alpha value is -1.56. The van der Waals surface area contributed by atoms with Crippen molar-refractivity contribution in [1.29, 1.82) is 0 Å². The van der Waals surface area contributed by atoms with E-state index in [0.717, 1.165) is 0 Å². The van der Waals surface area contributed by atoms with Gasteiger partial charge in [-0.2, -0.15) is 0 Å². The van der Waals surface area contributed by atoms with E-state index in [4.69, 9.17) is 10.2 Å². The highest BCUT2D eigenvalue weighted by molar-refractivity contribution is 5.74. The zero-order valence-corrected chi connectivity index (χ0v) is 6.67. The molecule has 0 saturated carbocycles. The lowest BCUT2D eigenvalue weighted by atomic mass is 10.1. The van der Waals surface area contributed by atoms with Gasteiger partial charge in [0.2, 0.25) is 0 Å². The predicted octanol–water partition coefficient (Wildman–Crippen LogP) is 1.22. The van der Waals surface area contributed by atoms with E-state index in [1.165, 1.54) is 0 Å². The quantitative estimate of drug-likeness (QED) is 0.715. The topological polar surface area (TPSA) is 57.5 Å². The van der Waals surface area contributed by atoms with Gasteiger partial charge in [0, 0.05) is 0 Å². The maximum atomic E-state index is 12.8. The van der Waals surface area contributed by atoms with E-state index in [-0.39, 0.29) is 0 Å². The van der Waals surface area contributed by atoms with Crippen LogP contribution in [0.25, 0.3) is 0 Å². The average Bonchev–Trinajstić information content (AvgIpc) is 2.12. The van der Waals surface area contributed by atoms with Crippen LogP contribution in [0.2, 0.25) is 0 Å². The molecule has 0 aliphatic rings. The van der Waals surface area contributed by atoms with Crippen molar-refractivity contribution >= 4 is 5.97 Å². The van der Waals surface area contributed by atoms with Gasteiger partial charge in [0.15, 0.2) is 17.7 Å². The molecule has 1 atom stereocenters. The highest BCUT2D eigenvalue weighted by atomic mass is 19.2. The second-order valence-corrected chi connectivity index (χ2v) is 2.50. The van der Waals surface area contributed by atoms with E-state index in [9.17, 15) is 18.0 Å². The number of hydrogen-bond donors (Lipinski definition) is 2. The first-order valence-corrected chi connectivity index (χ1v) is 3.49. The number of carboxylic acids is 1. The molecule has 0 aromatic heterocycles. The minimum atomic E-state index is -2.41. The molecule has 1 aromatic carbocycles. The minimum absolute atomic E-state index is 0.503. The molecule has 76 valence electrons. The summed E-state index contributed by atoms with van der Waals surface area (Å²) < 4.78 is 38.2. The zero-order chi connectivity index (χ0) is 10.9. The van der Waals surface area contributed by atoms with Crippen molar-refractivity contribution < 1.29 is 28.2 Å². The van der Waals surface area contributed by atoms with Gasteiger partial charge in [0.25, 0.3) is 0 Å². The van der Waals surface area contributed by atoms with E-state index in [0.29, 0.717) is 12.1 Å². The lowest BCUT2D eigenvalue weighted by molar-refractivity contribution is -0.147. The van der Waals surface area contributed by atoms with Crippen LogP contribution in [0.3, 0.4) is 0 Å². The number of hydrogen-bond acceptors (Lipinski definition) is 2. The molecule has 0 fully saturated rings. The van der Waals surface area contributed by atoms with Gasteiger partial charge in [0.05, 0.1) is 5.56 Å². The van der Waals surface area contributed by atoms with Crippen molar-refractivity contribution in [3.8, 4) is 0 Å². The summed E-state index contributed by atoms with van der Waals surface area (Å²) in [5, 5.41) is 17.1. The molecule has 1 unspecified atom stereocenters. The Balaban J connectivity index is 3.32. The molecule has 0 radical (unpaired) electrons. The maximum Gasteiger partial charge on any atom is 0.337 e. The van der Waals surface area contributed by atoms with Crippen molar-refractivity contribution in [2.75, 3.05) is 0 Å². The van der Waals surface area contributed by atoms with Crippen LogP contribution in [0.1, 0.15) is 11.7 Å². The standard InChI is InChI=1S/C8H5F3O3/c9-3-1-2-4(10)6(11)5(3)7(12)8(13)14/h1-2,7,12H,(H,13,14). The summed E-state index contributed by atoms with van der Waals surface area (Å²) in [4.78, 5) is 10.2. The fourth-order valence-electron chi connectivity index (χ4n) is 0.917. The summed E-state index contributed by atoms with van der Waals surface area (Å²) in [6.45, 7) is 0. The molecular weight excluding hydrogens is 201 g/mol. The molecule has 0 heterocycles. The Kier molecular flexibility index (Phi) is 2.76. The molecule has 3 nitrogen and oxygen atoms in total. The summed E-state index contributed by atoms with van der Waals surface area (Å²) in [7, 11) is 0. The molecule has 1 aromatic rings. The molecule has 2 N–H and O–H groups in total. The van der Waals surface area contributed by atoms with Gasteiger partial charge in [-0.3, -0.25) is 0 Å². The van der Waals surface area contributed by atoms with Gasteiger partial charge >= 0.3 is 5.97 Å². The Morgan fingerprint density at radius 1 is 1.21 bits per heavy atom. The number of carboxylic acid groups (broad SMARTS) is 1. The third-order valence-corrected chi connectivity index (χ3v) is 1.59. The smallest absolute Gasteiger partial charge is 0.337 e. The molecule has 0 aliphatic heterocycles. The lowest BCUT2D eigenvalue weighted by Gasteiger charge is -2.08. The van der Waals surface area contributed by atoms with Crippen LogP contribution in [0.5, 0.6) is 0 Å². The zero-order valence-electron chi connectivity index (χ0n) is 6.67. The van der Waals surface area contributed by atoms with E-state index in [1.807, 2.05) is 0 Å². The Morgan fingerprint density at radius 3 is 2.21 bits per heavy atom. The molecule has 0 amide bonds. The van der Waals surface area contributed by atoms with Gasteiger partial charge in [0.1, 0.15) is 5.82 Å². The van der Waals surface area contributed by atoms with Crippen molar-refractivity contribution in [3.05, 3.63) is 35.1 Å². The van der Waals surface area contributed by atoms with Crippen molar-refractivity contribution in [2.24, 2.45) is 0 Å². The van der Waals surface area contributed by atoms with E-state index in [1.54, 1.807) is 0 Å². The van der Waals surface area contributed by atoms with E-state index in [2.05, 4.69) is 0 Å². The predicted molar refractivity (Wildman–Crippen MR) is 38.9 cm³/mol. The van der Waals surface area contributed by atoms with Crippen molar-refractivity contribution in [1.82, 2.24) is 0 Å². The first-order chi connectivity index (χ1) is 6.45. The third kappa shape index (κ3) is 1.69. The number of aliphatic hydroxyl groups excluding tert-OH is 1. The van der Waals surface area contributed by atoms with Crippen LogP contribution in [-0.2, 0) is 4.79 Å². The summed E-state index contributed by atoms with van der Waals surface area (Å²) in [5.41, 5.74) is -1.20. The van der Waals surface area contributed by atoms with Gasteiger partial charge in [-0.15, -0.1) is 0 Å². The largest absolute Gasteiger partial charge is 0.479 e. The number of aliphatic carboxylic acids is 1. The number of carbonyl (C=O) groups is 1. The monoisotopic (exact) mass is 206 g/mol. The van der Waals surface area contributed by atoms with E-state index < -0.39 is 35.1 Å². The summed E-state index contributed by atoms with van der Waals surface area (Å²) >= 11 is 0. The van der Waals surface area contributed by atoms with Crippen LogP contribution in [-0.4, -0.2) is 16.2 Å². The van der Waals surface area contributed by atoms with Crippen LogP contribution in [0, 0.1) is 17.5 Å². The Bertz CT molecular complexity index is 378. The number of rotatable bonds is 2. The fourth-order valence-corrected chi connectivity index (χ4v) is 0.917. The van der Waals surface area contributed by atoms with Crippen molar-refractivity contribution in [3.63, 3.8) is 0 Å². The van der Waals surface area contributed by atoms with Gasteiger partial charge in [-0.05, 0) is 12.1 Å². The average molecular weight is 206 g/mol. The molecular formula is C8H5F3O3. The number of aliphatic hydroxyl groups is 1. The molecule has 0 saturated heterocycles. The minimum Gasteiger partial charge on any atom is -0.479 e. The second-order valence-electron chi connectivity index (χ2n) is 2.50. The summed E-state index contributed by atoms with van der Waals surface area (Å²) in [6.07, 6.45) is -2.41. The highest BCUT2D eigenvalue weighted by Crippen LogP contribution is 2.22. The molecule has 0 spiro atoms. The maximum absolute atomic E-state index is 12.8. The molecule has 6 heteroatoms. The number of halogens is 3. The van der Waals surface area contributed by atoms with Crippen LogP contribution in [0.15, 0.2) is 12.1 Å². The first kappa shape index (κ1) is 10.5. The Morgan fingerprint density at radius 2 is 1.71 bits per heavy atom. The fraction of sp³-hybridized carbons (Fsp3) is 0.125. The lowest BCUT2D eigenvalue weighted by Crippen LogP contribution is -2.15. The molecule has 0 aliphatic carbocycles. The second kappa shape index (κ2) is 3.67. The first-order valence-electron chi connectivity index (χ1n) is 3.49.